The molecule has 1 heterocycles. The van der Waals surface area contributed by atoms with E-state index in [9.17, 15) is 14.7 Å². The van der Waals surface area contributed by atoms with Crippen molar-refractivity contribution >= 4 is 34.2 Å². The van der Waals surface area contributed by atoms with Gasteiger partial charge in [-0.1, -0.05) is 11.6 Å². The molecule has 0 saturated heterocycles. The summed E-state index contributed by atoms with van der Waals surface area (Å²) < 4.78 is 5.56. The molecule has 24 heavy (non-hydrogen) atoms. The van der Waals surface area contributed by atoms with Gasteiger partial charge in [0.15, 0.2) is 11.4 Å². The molecule has 0 saturated carbocycles. The number of ether oxygens (including phenoxy) is 1. The van der Waals surface area contributed by atoms with Gasteiger partial charge in [-0.05, 0) is 39.0 Å². The van der Waals surface area contributed by atoms with Gasteiger partial charge in [-0.3, -0.25) is 9.59 Å². The van der Waals surface area contributed by atoms with Gasteiger partial charge >= 0.3 is 5.97 Å². The molecular formula is C16H17ClN2O5. The van der Waals surface area contributed by atoms with Gasteiger partial charge in [-0.2, -0.15) is 0 Å². The molecule has 0 fully saturated rings. The summed E-state index contributed by atoms with van der Waals surface area (Å²) in [5.41, 5.74) is -0.345. The summed E-state index contributed by atoms with van der Waals surface area (Å²) >= 11 is 6.08. The Bertz CT molecular complexity index is 807. The Labute approximate surface area is 143 Å². The molecule has 3 N–H and O–H groups in total. The topological polar surface area (TPSA) is 109 Å². The van der Waals surface area contributed by atoms with Crippen molar-refractivity contribution in [1.82, 2.24) is 10.3 Å². The monoisotopic (exact) mass is 352 g/mol. The smallest absolute Gasteiger partial charge is 0.325 e. The molecule has 1 atom stereocenters. The van der Waals surface area contributed by atoms with E-state index in [0.717, 1.165) is 0 Å². The minimum atomic E-state index is -1.21. The zero-order valence-electron chi connectivity index (χ0n) is 13.3. The Kier molecular flexibility index (Phi) is 5.14. The fourth-order valence-corrected chi connectivity index (χ4v) is 2.32. The molecule has 0 bridgehead atoms. The van der Waals surface area contributed by atoms with E-state index in [4.69, 9.17) is 21.4 Å². The predicted molar refractivity (Wildman–Crippen MR) is 88.7 cm³/mol. The van der Waals surface area contributed by atoms with Crippen molar-refractivity contribution in [2.75, 3.05) is 0 Å². The molecule has 0 spiro atoms. The van der Waals surface area contributed by atoms with Crippen molar-refractivity contribution < 1.29 is 24.5 Å². The fourth-order valence-electron chi connectivity index (χ4n) is 2.07. The number of hydrogen-bond donors (Lipinski definition) is 3. The van der Waals surface area contributed by atoms with Crippen molar-refractivity contribution in [2.45, 2.75) is 32.9 Å². The molecule has 7 nitrogen and oxygen atoms in total. The van der Waals surface area contributed by atoms with E-state index in [1.54, 1.807) is 18.2 Å². The van der Waals surface area contributed by atoms with Gasteiger partial charge in [-0.15, -0.1) is 0 Å². The lowest BCUT2D eigenvalue weighted by atomic mass is 10.1. The number of nitrogens with zero attached hydrogens (tertiary/aromatic N) is 1. The Hall–Kier alpha value is -2.54. The average Bonchev–Trinajstić information content (AvgIpc) is 2.49. The average molecular weight is 353 g/mol. The minimum absolute atomic E-state index is 0.0204. The summed E-state index contributed by atoms with van der Waals surface area (Å²) in [6.45, 7) is 5.01. The number of carboxylic acid groups (broad SMARTS) is 1. The van der Waals surface area contributed by atoms with Crippen LogP contribution < -0.4 is 10.1 Å². The van der Waals surface area contributed by atoms with Crippen LogP contribution in [-0.4, -0.2) is 39.2 Å². The van der Waals surface area contributed by atoms with Gasteiger partial charge in [0.2, 0.25) is 0 Å². The molecule has 1 aromatic heterocycles. The number of fused-ring (bicyclic) bond motifs is 1. The van der Waals surface area contributed by atoms with Crippen molar-refractivity contribution in [3.63, 3.8) is 0 Å². The molecule has 2 aromatic rings. The maximum absolute atomic E-state index is 12.2. The van der Waals surface area contributed by atoms with Gasteiger partial charge in [0, 0.05) is 10.8 Å². The van der Waals surface area contributed by atoms with E-state index in [0.29, 0.717) is 16.5 Å². The molecule has 2 rings (SSSR count). The number of carbonyl (C=O) groups is 2. The summed E-state index contributed by atoms with van der Waals surface area (Å²) in [5, 5.41) is 22.2. The molecule has 8 heteroatoms. The second-order valence-electron chi connectivity index (χ2n) is 5.51. The number of aliphatic carboxylic acids is 1. The molecular weight excluding hydrogens is 336 g/mol. The summed E-state index contributed by atoms with van der Waals surface area (Å²) in [5.74, 6) is -1.93. The van der Waals surface area contributed by atoms with Crippen LogP contribution in [0.5, 0.6) is 11.5 Å². The van der Waals surface area contributed by atoms with E-state index in [2.05, 4.69) is 10.3 Å². The highest BCUT2D eigenvalue weighted by Gasteiger charge is 2.22. The number of hydrogen-bond acceptors (Lipinski definition) is 5. The maximum Gasteiger partial charge on any atom is 0.325 e. The van der Waals surface area contributed by atoms with Gasteiger partial charge in [0.25, 0.3) is 5.91 Å². The summed E-state index contributed by atoms with van der Waals surface area (Å²) in [7, 11) is 0. The van der Waals surface area contributed by atoms with Gasteiger partial charge in [0.05, 0.1) is 6.10 Å². The number of carboxylic acids is 1. The first-order valence-corrected chi connectivity index (χ1v) is 7.61. The number of pyridine rings is 1. The van der Waals surface area contributed by atoms with Crippen molar-refractivity contribution in [3.05, 3.63) is 29.0 Å². The lowest BCUT2D eigenvalue weighted by molar-refractivity contribution is -0.138. The first kappa shape index (κ1) is 17.8. The van der Waals surface area contributed by atoms with Crippen molar-refractivity contribution in [3.8, 4) is 11.5 Å². The number of benzene rings is 1. The lowest BCUT2D eigenvalue weighted by Crippen LogP contribution is -2.38. The van der Waals surface area contributed by atoms with E-state index in [-0.39, 0.29) is 17.0 Å². The Morgan fingerprint density at radius 3 is 2.50 bits per heavy atom. The fraction of sp³-hybridized carbons (Fsp3) is 0.312. The Morgan fingerprint density at radius 2 is 1.92 bits per heavy atom. The van der Waals surface area contributed by atoms with Crippen molar-refractivity contribution in [1.29, 1.82) is 0 Å². The van der Waals surface area contributed by atoms with Crippen LogP contribution in [0.3, 0.4) is 0 Å². The molecule has 1 unspecified atom stereocenters. The number of nitrogens with one attached hydrogen (secondary N) is 1. The van der Waals surface area contributed by atoms with Crippen LogP contribution in [0.2, 0.25) is 5.15 Å². The highest BCUT2D eigenvalue weighted by Crippen LogP contribution is 2.34. The third kappa shape index (κ3) is 3.68. The first-order chi connectivity index (χ1) is 11.2. The summed E-state index contributed by atoms with van der Waals surface area (Å²) in [6, 6.07) is 3.73. The van der Waals surface area contributed by atoms with E-state index >= 15 is 0 Å². The SMILES string of the molecule is CC(C)Oc1ccc2c(Cl)nc(C(=O)NC(C)C(=O)O)c(O)c2c1. The molecule has 1 aromatic carbocycles. The van der Waals surface area contributed by atoms with Crippen molar-refractivity contribution in [2.24, 2.45) is 0 Å². The molecule has 0 aliphatic heterocycles. The Balaban J connectivity index is 2.50. The van der Waals surface area contributed by atoms with Gasteiger partial charge in [0.1, 0.15) is 16.9 Å². The molecule has 0 aliphatic rings. The van der Waals surface area contributed by atoms with Crippen LogP contribution in [0.4, 0.5) is 0 Å². The highest BCUT2D eigenvalue weighted by molar-refractivity contribution is 6.35. The van der Waals surface area contributed by atoms with Crippen LogP contribution in [0.1, 0.15) is 31.3 Å². The van der Waals surface area contributed by atoms with E-state index in [1.165, 1.54) is 6.92 Å². The predicted octanol–water partition coefficient (Wildman–Crippen LogP) is 2.58. The minimum Gasteiger partial charge on any atom is -0.505 e. The zero-order chi connectivity index (χ0) is 18.0. The Morgan fingerprint density at radius 1 is 1.25 bits per heavy atom. The van der Waals surface area contributed by atoms with Crippen LogP contribution in [0, 0.1) is 0 Å². The molecule has 1 amide bonds. The van der Waals surface area contributed by atoms with E-state index in [1.807, 2.05) is 13.8 Å². The third-order valence-electron chi connectivity index (χ3n) is 3.21. The number of aromatic nitrogens is 1. The second kappa shape index (κ2) is 6.92. The largest absolute Gasteiger partial charge is 0.505 e. The summed E-state index contributed by atoms with van der Waals surface area (Å²) in [4.78, 5) is 26.9. The number of aromatic hydroxyl groups is 1. The molecule has 0 radical (unpaired) electrons. The van der Waals surface area contributed by atoms with Crippen LogP contribution in [-0.2, 0) is 4.79 Å². The number of rotatable bonds is 5. The van der Waals surface area contributed by atoms with Crippen LogP contribution in [0.25, 0.3) is 10.8 Å². The first-order valence-electron chi connectivity index (χ1n) is 7.23. The maximum atomic E-state index is 12.2. The lowest BCUT2D eigenvalue weighted by Gasteiger charge is -2.14. The number of carbonyl (C=O) groups excluding carboxylic acids is 1. The highest BCUT2D eigenvalue weighted by atomic mass is 35.5. The number of halogens is 1. The molecule has 0 aliphatic carbocycles. The van der Waals surface area contributed by atoms with Gasteiger partial charge < -0.3 is 20.3 Å². The van der Waals surface area contributed by atoms with Crippen LogP contribution in [0.15, 0.2) is 18.2 Å². The van der Waals surface area contributed by atoms with Gasteiger partial charge in [-0.25, -0.2) is 4.98 Å². The zero-order valence-corrected chi connectivity index (χ0v) is 14.1. The van der Waals surface area contributed by atoms with Crippen LogP contribution >= 0.6 is 11.6 Å². The standard InChI is InChI=1S/C16H17ClN2O5/c1-7(2)24-9-4-5-10-11(6-9)13(20)12(19-14(10)17)15(21)18-8(3)16(22)23/h4-8,20H,1-3H3,(H,18,21)(H,22,23). The third-order valence-corrected chi connectivity index (χ3v) is 3.50. The quantitative estimate of drug-likeness (QED) is 0.714. The summed E-state index contributed by atoms with van der Waals surface area (Å²) in [6.07, 6.45) is -0.0684. The molecule has 128 valence electrons. The second-order valence-corrected chi connectivity index (χ2v) is 5.87. The normalized spacial score (nSPS) is 12.2. The number of amides is 1. The van der Waals surface area contributed by atoms with E-state index < -0.39 is 23.7 Å².